The van der Waals surface area contributed by atoms with Crippen LogP contribution in [0, 0.1) is 5.92 Å². The molecular weight excluding hydrogens is 276 g/mol. The van der Waals surface area contributed by atoms with E-state index in [0.29, 0.717) is 12.8 Å². The lowest BCUT2D eigenvalue weighted by molar-refractivity contribution is -0.291. The van der Waals surface area contributed by atoms with Gasteiger partial charge in [0.15, 0.2) is 5.92 Å². The van der Waals surface area contributed by atoms with E-state index in [0.717, 1.165) is 0 Å². The van der Waals surface area contributed by atoms with Crippen LogP contribution in [0.25, 0.3) is 0 Å². The van der Waals surface area contributed by atoms with Crippen LogP contribution in [0.15, 0.2) is 11.8 Å². The van der Waals surface area contributed by atoms with Gasteiger partial charge in [0.1, 0.15) is 5.76 Å². The van der Waals surface area contributed by atoms with Crippen molar-refractivity contribution in [3.63, 3.8) is 0 Å². The first-order valence-electron chi connectivity index (χ1n) is 5.87. The monoisotopic (exact) mass is 291 g/mol. The molecule has 2 nitrogen and oxygen atoms in total. The van der Waals surface area contributed by atoms with E-state index in [4.69, 9.17) is 4.74 Å². The number of nitrogens with one attached hydrogen (secondary N) is 1. The summed E-state index contributed by atoms with van der Waals surface area (Å²) in [6, 6.07) is -1.93. The predicted molar refractivity (Wildman–Crippen MR) is 56.3 cm³/mol. The Morgan fingerprint density at radius 3 is 2.16 bits per heavy atom. The van der Waals surface area contributed by atoms with Crippen LogP contribution in [0.4, 0.5) is 26.3 Å². The standard InChI is InChI=1S/C11H15F6NO/c1-2-18-8(7-5-3-4-6-19-7)9(10(12,13)14)11(15,16)17/h5,8-9,18H,2-4,6H2,1H3. The number of rotatable bonds is 4. The molecule has 1 N–H and O–H groups in total. The molecule has 8 heteroatoms. The second-order valence-electron chi connectivity index (χ2n) is 4.19. The number of allylic oxidation sites excluding steroid dienone is 1. The highest BCUT2D eigenvalue weighted by Crippen LogP contribution is 2.43. The van der Waals surface area contributed by atoms with Gasteiger partial charge in [-0.3, -0.25) is 0 Å². The van der Waals surface area contributed by atoms with E-state index in [1.165, 1.54) is 13.0 Å². The van der Waals surface area contributed by atoms with Crippen LogP contribution in [0.2, 0.25) is 0 Å². The van der Waals surface area contributed by atoms with Crippen molar-refractivity contribution in [3.8, 4) is 0 Å². The number of hydrogen-bond acceptors (Lipinski definition) is 2. The van der Waals surface area contributed by atoms with E-state index in [9.17, 15) is 26.3 Å². The predicted octanol–water partition coefficient (Wildman–Crippen LogP) is 3.40. The van der Waals surface area contributed by atoms with Gasteiger partial charge in [-0.15, -0.1) is 0 Å². The van der Waals surface area contributed by atoms with E-state index >= 15 is 0 Å². The molecule has 19 heavy (non-hydrogen) atoms. The van der Waals surface area contributed by atoms with Crippen molar-refractivity contribution in [2.24, 2.45) is 5.92 Å². The van der Waals surface area contributed by atoms with Crippen molar-refractivity contribution in [2.75, 3.05) is 13.2 Å². The highest BCUT2D eigenvalue weighted by molar-refractivity contribution is 5.10. The Kier molecular flexibility index (Phi) is 5.11. The SMILES string of the molecule is CCNC(C1=CCCCO1)C(C(F)(F)F)C(F)(F)F. The van der Waals surface area contributed by atoms with Crippen molar-refractivity contribution in [3.05, 3.63) is 11.8 Å². The summed E-state index contributed by atoms with van der Waals surface area (Å²) >= 11 is 0. The summed E-state index contributed by atoms with van der Waals surface area (Å²) in [6.45, 7) is 1.56. The molecule has 1 aliphatic rings. The molecule has 0 fully saturated rings. The molecule has 0 aromatic heterocycles. The maximum atomic E-state index is 12.7. The van der Waals surface area contributed by atoms with Crippen molar-refractivity contribution in [1.82, 2.24) is 5.32 Å². The van der Waals surface area contributed by atoms with Crippen LogP contribution in [-0.4, -0.2) is 31.5 Å². The van der Waals surface area contributed by atoms with E-state index < -0.39 is 24.3 Å². The number of likely N-dealkylation sites (N-methyl/N-ethyl adjacent to an activating group) is 1. The molecule has 0 spiro atoms. The Balaban J connectivity index is 3.08. The van der Waals surface area contributed by atoms with Gasteiger partial charge in [0.05, 0.1) is 12.6 Å². The lowest BCUT2D eigenvalue weighted by Crippen LogP contribution is -2.52. The molecule has 0 amide bonds. The first-order chi connectivity index (χ1) is 8.68. The maximum absolute atomic E-state index is 12.7. The minimum absolute atomic E-state index is 0.0198. The third-order valence-electron chi connectivity index (χ3n) is 2.73. The Bertz CT molecular complexity index is 308. The summed E-state index contributed by atoms with van der Waals surface area (Å²) in [5, 5.41) is 2.23. The number of hydrogen-bond donors (Lipinski definition) is 1. The topological polar surface area (TPSA) is 21.3 Å². The van der Waals surface area contributed by atoms with E-state index in [1.54, 1.807) is 0 Å². The maximum Gasteiger partial charge on any atom is 0.402 e. The first-order valence-corrected chi connectivity index (χ1v) is 5.87. The molecule has 112 valence electrons. The van der Waals surface area contributed by atoms with Crippen LogP contribution in [0.5, 0.6) is 0 Å². The second-order valence-corrected chi connectivity index (χ2v) is 4.19. The van der Waals surface area contributed by atoms with Gasteiger partial charge in [0.25, 0.3) is 0 Å². The van der Waals surface area contributed by atoms with Gasteiger partial charge in [0.2, 0.25) is 0 Å². The quantitative estimate of drug-likeness (QED) is 0.802. The molecule has 1 heterocycles. The molecule has 1 atom stereocenters. The zero-order valence-corrected chi connectivity index (χ0v) is 10.2. The average Bonchev–Trinajstić information content (AvgIpc) is 2.26. The Morgan fingerprint density at radius 1 is 1.21 bits per heavy atom. The number of halogens is 6. The molecule has 0 bridgehead atoms. The molecule has 0 aliphatic carbocycles. The largest absolute Gasteiger partial charge is 0.497 e. The minimum Gasteiger partial charge on any atom is -0.497 e. The number of ether oxygens (including phenoxy) is 1. The smallest absolute Gasteiger partial charge is 0.402 e. The Hall–Kier alpha value is -0.920. The Labute approximate surface area is 106 Å². The summed E-state index contributed by atoms with van der Waals surface area (Å²) in [6.07, 6.45) is -8.47. The fraction of sp³-hybridized carbons (Fsp3) is 0.818. The van der Waals surface area contributed by atoms with E-state index in [1.807, 2.05) is 0 Å². The molecule has 0 aromatic rings. The fourth-order valence-corrected chi connectivity index (χ4v) is 1.96. The molecule has 1 rings (SSSR count). The van der Waals surface area contributed by atoms with Crippen LogP contribution in [-0.2, 0) is 4.74 Å². The van der Waals surface area contributed by atoms with Gasteiger partial charge in [-0.1, -0.05) is 6.92 Å². The third-order valence-corrected chi connectivity index (χ3v) is 2.73. The average molecular weight is 291 g/mol. The molecular formula is C11H15F6NO. The molecule has 0 aromatic carbocycles. The van der Waals surface area contributed by atoms with Gasteiger partial charge < -0.3 is 10.1 Å². The van der Waals surface area contributed by atoms with Gasteiger partial charge >= 0.3 is 12.4 Å². The van der Waals surface area contributed by atoms with Crippen LogP contribution < -0.4 is 5.32 Å². The summed E-state index contributed by atoms with van der Waals surface area (Å²) in [5.74, 6) is -3.74. The van der Waals surface area contributed by atoms with Gasteiger partial charge in [0, 0.05) is 0 Å². The minimum atomic E-state index is -5.38. The van der Waals surface area contributed by atoms with Crippen molar-refractivity contribution >= 4 is 0 Å². The van der Waals surface area contributed by atoms with Gasteiger partial charge in [-0.25, -0.2) is 0 Å². The first kappa shape index (κ1) is 16.1. The van der Waals surface area contributed by atoms with Crippen molar-refractivity contribution < 1.29 is 31.1 Å². The van der Waals surface area contributed by atoms with Crippen molar-refractivity contribution in [2.45, 2.75) is 38.2 Å². The lowest BCUT2D eigenvalue weighted by Gasteiger charge is -2.33. The molecule has 0 saturated carbocycles. The van der Waals surface area contributed by atoms with Crippen LogP contribution >= 0.6 is 0 Å². The van der Waals surface area contributed by atoms with Gasteiger partial charge in [-0.05, 0) is 25.5 Å². The molecule has 1 aliphatic heterocycles. The summed E-state index contributed by atoms with van der Waals surface area (Å²) in [4.78, 5) is 0. The van der Waals surface area contributed by atoms with E-state index in [-0.39, 0.29) is 18.9 Å². The highest BCUT2D eigenvalue weighted by atomic mass is 19.4. The van der Waals surface area contributed by atoms with E-state index in [2.05, 4.69) is 5.32 Å². The normalized spacial score (nSPS) is 19.1. The van der Waals surface area contributed by atoms with Crippen LogP contribution in [0.1, 0.15) is 19.8 Å². The van der Waals surface area contributed by atoms with Gasteiger partial charge in [-0.2, -0.15) is 26.3 Å². The summed E-state index contributed by atoms with van der Waals surface area (Å²) in [5.41, 5.74) is 0. The molecule has 0 saturated heterocycles. The third kappa shape index (κ3) is 4.29. The fourth-order valence-electron chi connectivity index (χ4n) is 1.96. The summed E-state index contributed by atoms with van der Waals surface area (Å²) < 4.78 is 81.2. The molecule has 0 radical (unpaired) electrons. The second kappa shape index (κ2) is 6.02. The number of alkyl halides is 6. The lowest BCUT2D eigenvalue weighted by atomic mass is 9.95. The van der Waals surface area contributed by atoms with Crippen molar-refractivity contribution in [1.29, 1.82) is 0 Å². The molecule has 1 unspecified atom stereocenters. The zero-order chi connectivity index (χ0) is 14.7. The highest BCUT2D eigenvalue weighted by Gasteiger charge is 2.61. The summed E-state index contributed by atoms with van der Waals surface area (Å²) in [7, 11) is 0. The Morgan fingerprint density at radius 2 is 1.79 bits per heavy atom. The van der Waals surface area contributed by atoms with Crippen LogP contribution in [0.3, 0.4) is 0 Å². The zero-order valence-electron chi connectivity index (χ0n) is 10.2.